The maximum absolute atomic E-state index is 6.02. The molecule has 1 heterocycles. The summed E-state index contributed by atoms with van der Waals surface area (Å²) >= 11 is 0. The first-order valence-corrected chi connectivity index (χ1v) is 6.72. The number of nitrogens with zero attached hydrogens (tertiary/aromatic N) is 1. The largest absolute Gasteiger partial charge is 0.398 e. The third-order valence-electron chi connectivity index (χ3n) is 3.84. The summed E-state index contributed by atoms with van der Waals surface area (Å²) in [7, 11) is 0. The van der Waals surface area contributed by atoms with E-state index in [-0.39, 0.29) is 0 Å². The number of piperidine rings is 1. The monoisotopic (exact) mass is 232 g/mol. The molecule has 0 aliphatic carbocycles. The van der Waals surface area contributed by atoms with E-state index in [2.05, 4.69) is 43.9 Å². The minimum absolute atomic E-state index is 0.499. The van der Waals surface area contributed by atoms with Crippen LogP contribution in [-0.4, -0.2) is 13.1 Å². The molecule has 94 valence electrons. The molecule has 0 saturated carbocycles. The first-order chi connectivity index (χ1) is 8.08. The highest BCUT2D eigenvalue weighted by molar-refractivity contribution is 5.59. The Morgan fingerprint density at radius 3 is 2.47 bits per heavy atom. The smallest absolute Gasteiger partial charge is 0.0370 e. The molecule has 1 aromatic rings. The molecule has 1 aliphatic rings. The average molecular weight is 232 g/mol. The molecule has 2 N–H and O–H groups in total. The minimum Gasteiger partial charge on any atom is -0.398 e. The van der Waals surface area contributed by atoms with Crippen LogP contribution in [0.3, 0.4) is 0 Å². The average Bonchev–Trinajstić information content (AvgIpc) is 2.30. The van der Waals surface area contributed by atoms with Gasteiger partial charge in [-0.25, -0.2) is 0 Å². The van der Waals surface area contributed by atoms with Crippen molar-refractivity contribution >= 4 is 11.4 Å². The summed E-state index contributed by atoms with van der Waals surface area (Å²) in [6.45, 7) is 9.12. The van der Waals surface area contributed by atoms with E-state index in [0.717, 1.165) is 11.6 Å². The number of nitrogen functional groups attached to an aromatic ring is 1. The molecule has 0 aromatic heterocycles. The maximum atomic E-state index is 6.02. The topological polar surface area (TPSA) is 29.3 Å². The predicted octanol–water partition coefficient (Wildman–Crippen LogP) is 3.63. The van der Waals surface area contributed by atoms with Gasteiger partial charge in [0.1, 0.15) is 0 Å². The Kier molecular flexibility index (Phi) is 3.60. The van der Waals surface area contributed by atoms with E-state index in [0.29, 0.717) is 5.92 Å². The highest BCUT2D eigenvalue weighted by Crippen LogP contribution is 2.29. The zero-order valence-electron chi connectivity index (χ0n) is 11.2. The van der Waals surface area contributed by atoms with Gasteiger partial charge in [-0.1, -0.05) is 20.8 Å². The van der Waals surface area contributed by atoms with Gasteiger partial charge in [0.05, 0.1) is 0 Å². The highest BCUT2D eigenvalue weighted by atomic mass is 15.1. The zero-order valence-corrected chi connectivity index (χ0v) is 11.2. The van der Waals surface area contributed by atoms with E-state index in [1.807, 2.05) is 0 Å². The van der Waals surface area contributed by atoms with Crippen LogP contribution in [0.25, 0.3) is 0 Å². The van der Waals surface area contributed by atoms with Gasteiger partial charge in [-0.05, 0) is 48.4 Å². The summed E-state index contributed by atoms with van der Waals surface area (Å²) in [4.78, 5) is 2.49. The Bertz CT molecular complexity index is 377. The molecule has 0 atom stereocenters. The number of nitrogens with two attached hydrogens (primary N) is 1. The van der Waals surface area contributed by atoms with Crippen molar-refractivity contribution in [3.05, 3.63) is 23.8 Å². The number of hydrogen-bond acceptors (Lipinski definition) is 2. The van der Waals surface area contributed by atoms with Crippen LogP contribution in [0.15, 0.2) is 18.2 Å². The van der Waals surface area contributed by atoms with Crippen molar-refractivity contribution < 1.29 is 0 Å². The van der Waals surface area contributed by atoms with Crippen LogP contribution in [-0.2, 0) is 0 Å². The second kappa shape index (κ2) is 4.99. The zero-order chi connectivity index (χ0) is 12.4. The summed E-state index contributed by atoms with van der Waals surface area (Å²) in [6.07, 6.45) is 2.61. The van der Waals surface area contributed by atoms with Crippen molar-refractivity contribution in [2.75, 3.05) is 23.7 Å². The maximum Gasteiger partial charge on any atom is 0.0370 e. The Balaban J connectivity index is 2.19. The number of hydrogen-bond donors (Lipinski definition) is 1. The van der Waals surface area contributed by atoms with Gasteiger partial charge < -0.3 is 10.6 Å². The van der Waals surface area contributed by atoms with Gasteiger partial charge in [-0.3, -0.25) is 0 Å². The van der Waals surface area contributed by atoms with Gasteiger partial charge >= 0.3 is 0 Å². The molecule has 0 radical (unpaired) electrons. The lowest BCUT2D eigenvalue weighted by Gasteiger charge is -2.32. The van der Waals surface area contributed by atoms with E-state index < -0.39 is 0 Å². The van der Waals surface area contributed by atoms with Crippen LogP contribution in [0.5, 0.6) is 0 Å². The third-order valence-corrected chi connectivity index (χ3v) is 3.84. The molecular formula is C15H24N2. The molecule has 2 heteroatoms. The second-order valence-corrected chi connectivity index (χ2v) is 5.64. The van der Waals surface area contributed by atoms with E-state index in [1.54, 1.807) is 0 Å². The van der Waals surface area contributed by atoms with Crippen LogP contribution in [0, 0.1) is 5.92 Å². The molecule has 1 aliphatic heterocycles. The third kappa shape index (κ3) is 2.74. The summed E-state index contributed by atoms with van der Waals surface area (Å²) in [5.41, 5.74) is 9.57. The Morgan fingerprint density at radius 2 is 1.88 bits per heavy atom. The fraction of sp³-hybridized carbons (Fsp3) is 0.600. The Labute approximate surface area is 105 Å². The number of rotatable bonds is 2. The molecule has 1 fully saturated rings. The minimum atomic E-state index is 0.499. The Hall–Kier alpha value is -1.18. The molecule has 0 unspecified atom stereocenters. The van der Waals surface area contributed by atoms with Crippen molar-refractivity contribution in [3.8, 4) is 0 Å². The van der Waals surface area contributed by atoms with E-state index in [9.17, 15) is 0 Å². The summed E-state index contributed by atoms with van der Waals surface area (Å²) < 4.78 is 0. The van der Waals surface area contributed by atoms with E-state index in [1.165, 1.54) is 37.2 Å². The molecule has 1 aromatic carbocycles. The highest BCUT2D eigenvalue weighted by Gasteiger charge is 2.17. The van der Waals surface area contributed by atoms with Crippen LogP contribution >= 0.6 is 0 Å². The van der Waals surface area contributed by atoms with Crippen LogP contribution in [0.4, 0.5) is 11.4 Å². The van der Waals surface area contributed by atoms with Gasteiger partial charge in [0, 0.05) is 24.5 Å². The lowest BCUT2D eigenvalue weighted by molar-refractivity contribution is 0.438. The fourth-order valence-corrected chi connectivity index (χ4v) is 2.53. The fourth-order valence-electron chi connectivity index (χ4n) is 2.53. The molecule has 0 amide bonds. The van der Waals surface area contributed by atoms with Crippen molar-refractivity contribution in [2.24, 2.45) is 5.92 Å². The molecule has 17 heavy (non-hydrogen) atoms. The standard InChI is InChI=1S/C15H24N2/c1-11(2)14-10-13(4-5-15(14)16)17-8-6-12(3)7-9-17/h4-5,10-12H,6-9,16H2,1-3H3. The van der Waals surface area contributed by atoms with Crippen LogP contribution in [0.1, 0.15) is 45.1 Å². The predicted molar refractivity (Wildman–Crippen MR) is 75.6 cm³/mol. The second-order valence-electron chi connectivity index (χ2n) is 5.64. The SMILES string of the molecule is CC1CCN(c2ccc(N)c(C(C)C)c2)CC1. The molecule has 2 rings (SSSR count). The van der Waals surface area contributed by atoms with E-state index >= 15 is 0 Å². The van der Waals surface area contributed by atoms with Gasteiger partial charge in [-0.2, -0.15) is 0 Å². The van der Waals surface area contributed by atoms with Crippen LogP contribution < -0.4 is 10.6 Å². The van der Waals surface area contributed by atoms with E-state index in [4.69, 9.17) is 5.73 Å². The Morgan fingerprint density at radius 1 is 1.24 bits per heavy atom. The normalized spacial score (nSPS) is 17.8. The molecular weight excluding hydrogens is 208 g/mol. The first-order valence-electron chi connectivity index (χ1n) is 6.72. The molecule has 0 spiro atoms. The quantitative estimate of drug-likeness (QED) is 0.789. The molecule has 2 nitrogen and oxygen atoms in total. The molecule has 1 saturated heterocycles. The molecule has 0 bridgehead atoms. The van der Waals surface area contributed by atoms with Gasteiger partial charge in [-0.15, -0.1) is 0 Å². The summed E-state index contributed by atoms with van der Waals surface area (Å²) in [5, 5.41) is 0. The van der Waals surface area contributed by atoms with Crippen LogP contribution in [0.2, 0.25) is 0 Å². The first kappa shape index (κ1) is 12.3. The van der Waals surface area contributed by atoms with Crippen molar-refractivity contribution in [1.82, 2.24) is 0 Å². The van der Waals surface area contributed by atoms with Crippen molar-refractivity contribution in [3.63, 3.8) is 0 Å². The van der Waals surface area contributed by atoms with Gasteiger partial charge in [0.2, 0.25) is 0 Å². The lowest BCUT2D eigenvalue weighted by atomic mass is 9.97. The van der Waals surface area contributed by atoms with Crippen molar-refractivity contribution in [1.29, 1.82) is 0 Å². The summed E-state index contributed by atoms with van der Waals surface area (Å²) in [5.74, 6) is 1.38. The van der Waals surface area contributed by atoms with Gasteiger partial charge in [0.15, 0.2) is 0 Å². The lowest BCUT2D eigenvalue weighted by Crippen LogP contribution is -2.32. The number of benzene rings is 1. The summed E-state index contributed by atoms with van der Waals surface area (Å²) in [6, 6.07) is 6.50. The van der Waals surface area contributed by atoms with Crippen molar-refractivity contribution in [2.45, 2.75) is 39.5 Å². The van der Waals surface area contributed by atoms with Gasteiger partial charge in [0.25, 0.3) is 0 Å². The number of anilines is 2.